The Morgan fingerprint density at radius 1 is 1.13 bits per heavy atom. The van der Waals surface area contributed by atoms with Gasteiger partial charge in [0.1, 0.15) is 5.75 Å². The van der Waals surface area contributed by atoms with Crippen LogP contribution in [0.4, 0.5) is 18.9 Å². The van der Waals surface area contributed by atoms with Crippen molar-refractivity contribution in [2.45, 2.75) is 19.0 Å². The number of rotatable bonds is 6. The zero-order valence-corrected chi connectivity index (χ0v) is 17.1. The third kappa shape index (κ3) is 7.39. The van der Waals surface area contributed by atoms with Crippen molar-refractivity contribution >= 4 is 30.1 Å². The number of piperidine rings is 1. The Hall–Kier alpha value is -2.51. The molecule has 0 unspecified atom stereocenters. The summed E-state index contributed by atoms with van der Waals surface area (Å²) >= 11 is 0. The molecule has 0 saturated carbocycles. The molecule has 2 aromatic carbocycles. The summed E-state index contributed by atoms with van der Waals surface area (Å²) in [4.78, 5) is 12.1. The number of anilines is 1. The summed E-state index contributed by atoms with van der Waals surface area (Å²) in [5.74, 6) is 0.756. The molecule has 0 radical (unpaired) electrons. The van der Waals surface area contributed by atoms with E-state index in [0.717, 1.165) is 38.1 Å². The molecule has 0 aliphatic carbocycles. The molecule has 2 N–H and O–H groups in total. The molecule has 1 aliphatic rings. The van der Waals surface area contributed by atoms with Gasteiger partial charge in [0.15, 0.2) is 0 Å². The lowest BCUT2D eigenvalue weighted by atomic mass is 9.99. The number of ether oxygens (including phenoxy) is 1. The monoisotopic (exact) mass is 440 g/mol. The fraction of sp³-hybridized carbons (Fsp3) is 0.318. The third-order valence-electron chi connectivity index (χ3n) is 4.69. The first-order chi connectivity index (χ1) is 13.9. The maximum Gasteiger partial charge on any atom is 0.416 e. The highest BCUT2D eigenvalue weighted by Crippen LogP contribution is 2.29. The van der Waals surface area contributed by atoms with Crippen LogP contribution < -0.4 is 15.4 Å². The van der Waals surface area contributed by atoms with Gasteiger partial charge in [0, 0.05) is 17.8 Å². The first kappa shape index (κ1) is 23.8. The maximum absolute atomic E-state index is 12.8. The zero-order valence-electron chi connectivity index (χ0n) is 16.2. The lowest BCUT2D eigenvalue weighted by molar-refractivity contribution is -0.137. The Morgan fingerprint density at radius 3 is 2.60 bits per heavy atom. The number of hydrogen-bond donors (Lipinski definition) is 2. The second-order valence-electron chi connectivity index (χ2n) is 6.98. The summed E-state index contributed by atoms with van der Waals surface area (Å²) in [7, 11) is 0. The summed E-state index contributed by atoms with van der Waals surface area (Å²) in [6.45, 7) is 2.64. The molecular formula is C22H24ClF3N2O2. The van der Waals surface area contributed by atoms with Crippen LogP contribution in [0.3, 0.4) is 0 Å². The highest BCUT2D eigenvalue weighted by Gasteiger charge is 2.30. The Labute approximate surface area is 179 Å². The molecule has 1 fully saturated rings. The lowest BCUT2D eigenvalue weighted by Crippen LogP contribution is -2.30. The molecule has 30 heavy (non-hydrogen) atoms. The summed E-state index contributed by atoms with van der Waals surface area (Å²) in [5, 5.41) is 6.01. The topological polar surface area (TPSA) is 50.4 Å². The molecule has 1 amide bonds. The molecule has 2 aromatic rings. The van der Waals surface area contributed by atoms with E-state index < -0.39 is 17.6 Å². The molecule has 0 atom stereocenters. The van der Waals surface area contributed by atoms with Crippen LogP contribution in [0.5, 0.6) is 5.75 Å². The fourth-order valence-electron chi connectivity index (χ4n) is 3.10. The highest BCUT2D eigenvalue weighted by atomic mass is 35.5. The normalized spacial score (nSPS) is 14.9. The first-order valence-electron chi connectivity index (χ1n) is 9.50. The van der Waals surface area contributed by atoms with Crippen molar-refractivity contribution in [2.75, 3.05) is 25.0 Å². The van der Waals surface area contributed by atoms with Crippen molar-refractivity contribution in [1.82, 2.24) is 5.32 Å². The summed E-state index contributed by atoms with van der Waals surface area (Å²) in [6, 6.07) is 11.9. The van der Waals surface area contributed by atoms with Crippen LogP contribution in [0.2, 0.25) is 0 Å². The number of nitrogens with one attached hydrogen (secondary N) is 2. The molecule has 0 spiro atoms. The van der Waals surface area contributed by atoms with Gasteiger partial charge in [0.25, 0.3) is 0 Å². The molecule has 8 heteroatoms. The minimum absolute atomic E-state index is 0. The van der Waals surface area contributed by atoms with Crippen LogP contribution in [0.25, 0.3) is 6.08 Å². The maximum atomic E-state index is 12.8. The molecular weight excluding hydrogens is 417 g/mol. The minimum atomic E-state index is -4.42. The predicted molar refractivity (Wildman–Crippen MR) is 114 cm³/mol. The quantitative estimate of drug-likeness (QED) is 0.610. The minimum Gasteiger partial charge on any atom is -0.493 e. The van der Waals surface area contributed by atoms with Crippen molar-refractivity contribution in [3.63, 3.8) is 0 Å². The van der Waals surface area contributed by atoms with Gasteiger partial charge >= 0.3 is 6.18 Å². The van der Waals surface area contributed by atoms with Gasteiger partial charge in [-0.2, -0.15) is 13.2 Å². The lowest BCUT2D eigenvalue weighted by Gasteiger charge is -2.22. The van der Waals surface area contributed by atoms with Gasteiger partial charge in [-0.15, -0.1) is 12.4 Å². The van der Waals surface area contributed by atoms with Crippen LogP contribution in [0, 0.1) is 5.92 Å². The van der Waals surface area contributed by atoms with Crippen molar-refractivity contribution < 1.29 is 22.7 Å². The van der Waals surface area contributed by atoms with Crippen LogP contribution in [-0.2, 0) is 11.0 Å². The van der Waals surface area contributed by atoms with Gasteiger partial charge in [-0.1, -0.05) is 18.2 Å². The van der Waals surface area contributed by atoms with Gasteiger partial charge in [-0.05, 0) is 67.8 Å². The largest absolute Gasteiger partial charge is 0.493 e. The van der Waals surface area contributed by atoms with Gasteiger partial charge in [0.2, 0.25) is 5.91 Å². The van der Waals surface area contributed by atoms with Gasteiger partial charge in [-0.25, -0.2) is 0 Å². The average Bonchev–Trinajstić information content (AvgIpc) is 2.71. The number of carbonyl (C=O) groups excluding carboxylic acids is 1. The van der Waals surface area contributed by atoms with Crippen LogP contribution in [0.15, 0.2) is 54.6 Å². The zero-order chi connectivity index (χ0) is 20.7. The second-order valence-corrected chi connectivity index (χ2v) is 6.98. The van der Waals surface area contributed by atoms with E-state index in [9.17, 15) is 18.0 Å². The van der Waals surface area contributed by atoms with Crippen molar-refractivity contribution in [1.29, 1.82) is 0 Å². The summed E-state index contributed by atoms with van der Waals surface area (Å²) in [6.07, 6.45) is 0.300. The highest BCUT2D eigenvalue weighted by molar-refractivity contribution is 6.02. The second kappa shape index (κ2) is 11.0. The Balaban J connectivity index is 0.00000320. The predicted octanol–water partition coefficient (Wildman–Crippen LogP) is 5.16. The number of amides is 1. The van der Waals surface area contributed by atoms with E-state index in [4.69, 9.17) is 4.74 Å². The van der Waals surface area contributed by atoms with E-state index in [0.29, 0.717) is 29.5 Å². The van der Waals surface area contributed by atoms with Crippen LogP contribution >= 0.6 is 12.4 Å². The van der Waals surface area contributed by atoms with Gasteiger partial charge in [-0.3, -0.25) is 4.79 Å². The van der Waals surface area contributed by atoms with E-state index in [1.165, 1.54) is 24.3 Å². The third-order valence-corrected chi connectivity index (χ3v) is 4.69. The van der Waals surface area contributed by atoms with E-state index in [1.54, 1.807) is 18.2 Å². The average molecular weight is 441 g/mol. The molecule has 1 saturated heterocycles. The smallest absolute Gasteiger partial charge is 0.416 e. The van der Waals surface area contributed by atoms with Crippen LogP contribution in [-0.4, -0.2) is 25.6 Å². The van der Waals surface area contributed by atoms with E-state index in [1.807, 2.05) is 6.07 Å². The number of halogens is 4. The molecule has 162 valence electrons. The molecule has 1 heterocycles. The molecule has 0 aromatic heterocycles. The van der Waals surface area contributed by atoms with E-state index in [2.05, 4.69) is 10.6 Å². The molecule has 3 rings (SSSR count). The van der Waals surface area contributed by atoms with Crippen molar-refractivity contribution in [2.24, 2.45) is 5.92 Å². The number of hydrogen-bond acceptors (Lipinski definition) is 3. The van der Waals surface area contributed by atoms with Crippen LogP contribution in [0.1, 0.15) is 24.0 Å². The SMILES string of the molecule is Cl.O=C(/C=C/c1cccc(C(F)(F)F)c1)Nc1cccc(OCC2CCNCC2)c1. The first-order valence-corrected chi connectivity index (χ1v) is 9.50. The van der Waals surface area contributed by atoms with Gasteiger partial charge < -0.3 is 15.4 Å². The number of alkyl halides is 3. The Morgan fingerprint density at radius 2 is 1.87 bits per heavy atom. The number of carbonyl (C=O) groups is 1. The molecule has 4 nitrogen and oxygen atoms in total. The standard InChI is InChI=1S/C22H23F3N2O2.ClH/c23-22(24,25)18-4-1-3-16(13-18)7-8-21(28)27-19-5-2-6-20(14-19)29-15-17-9-11-26-12-10-17;/h1-8,13-14,17,26H,9-12,15H2,(H,27,28);1H/b8-7+;. The van der Waals surface area contributed by atoms with Crippen molar-refractivity contribution in [3.05, 3.63) is 65.7 Å². The summed E-state index contributed by atoms with van der Waals surface area (Å²) in [5.41, 5.74) is 0.110. The Kier molecular flexibility index (Phi) is 8.74. The summed E-state index contributed by atoms with van der Waals surface area (Å²) < 4.78 is 44.1. The fourth-order valence-corrected chi connectivity index (χ4v) is 3.10. The van der Waals surface area contributed by atoms with Gasteiger partial charge in [0.05, 0.1) is 12.2 Å². The molecule has 0 bridgehead atoms. The van der Waals surface area contributed by atoms with E-state index in [-0.39, 0.29) is 12.4 Å². The van der Waals surface area contributed by atoms with Crippen molar-refractivity contribution in [3.8, 4) is 5.75 Å². The Bertz CT molecular complexity index is 865. The number of benzene rings is 2. The molecule has 1 aliphatic heterocycles. The van der Waals surface area contributed by atoms with E-state index >= 15 is 0 Å².